The van der Waals surface area contributed by atoms with Gasteiger partial charge in [0.2, 0.25) is 0 Å². The van der Waals surface area contributed by atoms with Gasteiger partial charge in [-0.3, -0.25) is 0 Å². The molecule has 0 bridgehead atoms. The number of nitrogens with zero attached hydrogens (tertiary/aromatic N) is 1. The molecule has 0 aliphatic carbocycles. The van der Waals surface area contributed by atoms with Gasteiger partial charge >= 0.3 is 88.4 Å². The minimum absolute atomic E-state index is 0. The van der Waals surface area contributed by atoms with E-state index in [2.05, 4.69) is 40.6 Å². The Balaban J connectivity index is 0. The van der Waals surface area contributed by atoms with Crippen LogP contribution in [-0.2, 0) is 64.0 Å². The molecule has 0 aromatic heterocycles. The molecule has 0 aliphatic heterocycles. The van der Waals surface area contributed by atoms with Crippen molar-refractivity contribution in [2.45, 2.75) is 39.3 Å². The molecule has 61 valence electrons. The third kappa shape index (κ3) is 6.64. The summed E-state index contributed by atoms with van der Waals surface area (Å²) in [7, 11) is -1.89. The van der Waals surface area contributed by atoms with Crippen LogP contribution < -0.4 is 0 Å². The largest absolute Gasteiger partial charge is 0 e. The second kappa shape index (κ2) is 5.47. The fourth-order valence-electron chi connectivity index (χ4n) is 1.01. The van der Waals surface area contributed by atoms with Crippen molar-refractivity contribution in [2.24, 2.45) is 0 Å². The van der Waals surface area contributed by atoms with Gasteiger partial charge in [-0.25, -0.2) is 0 Å². The maximum Gasteiger partial charge on any atom is 0 e. The van der Waals surface area contributed by atoms with Crippen molar-refractivity contribution in [3.63, 3.8) is 0 Å². The van der Waals surface area contributed by atoms with Crippen molar-refractivity contribution in [1.29, 1.82) is 0 Å². The maximum atomic E-state index is 2.78. The van der Waals surface area contributed by atoms with Crippen molar-refractivity contribution < 1.29 is 64.0 Å². The van der Waals surface area contributed by atoms with E-state index in [0.29, 0.717) is 0 Å². The Kier molecular flexibility index (Phi) is 7.99. The molecule has 0 saturated heterocycles. The van der Waals surface area contributed by atoms with E-state index in [1.165, 1.54) is 31.3 Å². The molecule has 0 aromatic carbocycles. The third-order valence-corrected chi connectivity index (χ3v) is 19.8. The zero-order chi connectivity index (χ0) is 8.58. The van der Waals surface area contributed by atoms with E-state index < -0.39 is 16.5 Å². The monoisotopic (exact) mass is 338 g/mol. The van der Waals surface area contributed by atoms with Crippen LogP contribution in [0.5, 0.6) is 0 Å². The molecule has 0 atom stereocenters. The first-order valence-corrected chi connectivity index (χ1v) is 11.9. The fraction of sp³-hybridized carbons (Fsp3) is 1.00. The molecule has 11 heavy (non-hydrogen) atoms. The van der Waals surface area contributed by atoms with Crippen LogP contribution in [0.25, 0.3) is 0 Å². The van der Waals surface area contributed by atoms with Crippen molar-refractivity contribution in [3.8, 4) is 0 Å². The zero-order valence-electron chi connectivity index (χ0n) is 8.60. The van der Waals surface area contributed by atoms with E-state index in [1.54, 1.807) is 0 Å². The third-order valence-electron chi connectivity index (χ3n) is 1.45. The van der Waals surface area contributed by atoms with Gasteiger partial charge in [-0.2, -0.15) is 0 Å². The van der Waals surface area contributed by atoms with Gasteiger partial charge in [0.15, 0.2) is 0 Å². The van der Waals surface area contributed by atoms with E-state index in [4.69, 9.17) is 0 Å². The van der Waals surface area contributed by atoms with Gasteiger partial charge < -0.3 is 0 Å². The molecular formula is C6H18NSi2Y2. The molecule has 0 spiro atoms. The van der Waals surface area contributed by atoms with Crippen molar-refractivity contribution in [3.05, 3.63) is 0 Å². The smallest absolute Gasteiger partial charge is 0 e. The molecule has 0 saturated carbocycles. The van der Waals surface area contributed by atoms with E-state index in [1.807, 2.05) is 0 Å². The predicted octanol–water partition coefficient (Wildman–Crippen LogP) is 2.42. The predicted molar refractivity (Wildman–Crippen MR) is 48.5 cm³/mol. The average molecular weight is 338 g/mol. The fourth-order valence-corrected chi connectivity index (χ4v) is 9.06. The molecule has 5 heteroatoms. The van der Waals surface area contributed by atoms with Crippen molar-refractivity contribution >= 4 is 16.5 Å². The Labute approximate surface area is 119 Å². The molecule has 1 nitrogen and oxygen atoms in total. The van der Waals surface area contributed by atoms with Crippen LogP contribution in [-0.4, -0.2) is 17.8 Å². The number of hydrogen-bond acceptors (Lipinski definition) is 1. The molecule has 0 fully saturated rings. The van der Waals surface area contributed by atoms with Gasteiger partial charge in [-0.15, -0.1) is 0 Å². The van der Waals surface area contributed by atoms with Gasteiger partial charge in [-0.05, 0) is 0 Å². The summed E-state index contributed by atoms with van der Waals surface area (Å²) in [5.41, 5.74) is 0. The first-order chi connectivity index (χ1) is 4.15. The zero-order valence-corrected chi connectivity index (χ0v) is 16.3. The standard InChI is InChI=1S/C6H18NSi2.2Y/c1-8(2,3)7-9(4,5)6;;/h1-6H3;;/q-1;;+1. The van der Waals surface area contributed by atoms with Crippen LogP contribution in [0.3, 0.4) is 0 Å². The van der Waals surface area contributed by atoms with E-state index >= 15 is 0 Å². The molecule has 0 rings (SSSR count). The number of rotatable bonds is 2. The van der Waals surface area contributed by atoms with Gasteiger partial charge in [-0.1, -0.05) is 0 Å². The van der Waals surface area contributed by atoms with Crippen LogP contribution >= 0.6 is 0 Å². The summed E-state index contributed by atoms with van der Waals surface area (Å²) in [6.07, 6.45) is 0. The van der Waals surface area contributed by atoms with E-state index in [-0.39, 0.29) is 32.7 Å². The summed E-state index contributed by atoms with van der Waals surface area (Å²) < 4.78 is 2.78. The molecule has 0 amide bonds. The number of hydrogen-bond donors (Lipinski definition) is 0. The molecule has 0 aliphatic rings. The Morgan fingerprint density at radius 1 is 0.818 bits per heavy atom. The molecule has 1 radical (unpaired) electrons. The topological polar surface area (TPSA) is 3.24 Å². The summed E-state index contributed by atoms with van der Waals surface area (Å²) in [5.74, 6) is 0. The Morgan fingerprint density at radius 2 is 1.00 bits per heavy atom. The second-order valence-electron chi connectivity index (χ2n) is 4.71. The Hall–Kier alpha value is 2.60. The first kappa shape index (κ1) is 16.0. The van der Waals surface area contributed by atoms with Crippen LogP contribution in [0, 0.1) is 0 Å². The van der Waals surface area contributed by atoms with E-state index in [9.17, 15) is 0 Å². The van der Waals surface area contributed by atoms with E-state index in [0.717, 1.165) is 0 Å². The summed E-state index contributed by atoms with van der Waals surface area (Å²) in [4.78, 5) is 0. The maximum absolute atomic E-state index is 2.78. The quantitative estimate of drug-likeness (QED) is 0.699. The minimum Gasteiger partial charge on any atom is 0 e. The SMILES string of the molecule is C[Si](C)(C)[N]([Y])[Si](C)(C)C.[Y]. The molecule has 0 heterocycles. The van der Waals surface area contributed by atoms with Crippen molar-refractivity contribution in [1.82, 2.24) is 1.36 Å². The summed E-state index contributed by atoms with van der Waals surface area (Å²) in [6.45, 7) is 14.6. The summed E-state index contributed by atoms with van der Waals surface area (Å²) in [5, 5.41) is 0. The van der Waals surface area contributed by atoms with Crippen molar-refractivity contribution in [2.75, 3.05) is 0 Å². The molecular weight excluding hydrogens is 320 g/mol. The van der Waals surface area contributed by atoms with Gasteiger partial charge in [0.25, 0.3) is 0 Å². The molecule has 0 N–H and O–H groups in total. The average Bonchev–Trinajstić information content (AvgIpc) is 1.59. The molecule has 0 unspecified atom stereocenters. The van der Waals surface area contributed by atoms with Gasteiger partial charge in [0, 0.05) is 32.7 Å². The second-order valence-corrected chi connectivity index (χ2v) is 18.6. The Morgan fingerprint density at radius 3 is 1.00 bits per heavy atom. The summed E-state index contributed by atoms with van der Waals surface area (Å²) >= 11 is 1.33. The van der Waals surface area contributed by atoms with Gasteiger partial charge in [0.05, 0.1) is 0 Å². The Bertz CT molecular complexity index is 103. The van der Waals surface area contributed by atoms with Crippen LogP contribution in [0.2, 0.25) is 39.3 Å². The molecule has 0 aromatic rings. The first-order valence-electron chi connectivity index (χ1n) is 3.71. The van der Waals surface area contributed by atoms with Crippen LogP contribution in [0.1, 0.15) is 0 Å². The van der Waals surface area contributed by atoms with Crippen LogP contribution in [0.15, 0.2) is 0 Å². The minimum atomic E-state index is -0.943. The summed E-state index contributed by atoms with van der Waals surface area (Å²) in [6, 6.07) is 0. The normalized spacial score (nSPS) is 12.9. The van der Waals surface area contributed by atoms with Gasteiger partial charge in [0.1, 0.15) is 0 Å². The van der Waals surface area contributed by atoms with Crippen LogP contribution in [0.4, 0.5) is 0 Å².